The van der Waals surface area contributed by atoms with Gasteiger partial charge in [0.2, 0.25) is 10.0 Å². The van der Waals surface area contributed by atoms with Crippen LogP contribution in [0.4, 0.5) is 13.2 Å². The maximum absolute atomic E-state index is 12.9. The van der Waals surface area contributed by atoms with Crippen molar-refractivity contribution in [2.24, 2.45) is 0 Å². The Hall–Kier alpha value is -2.10. The smallest absolute Gasteiger partial charge is 0.416 e. The van der Waals surface area contributed by atoms with E-state index in [2.05, 4.69) is 9.62 Å². The number of benzene rings is 2. The van der Waals surface area contributed by atoms with E-state index in [1.165, 1.54) is 6.07 Å². The average Bonchev–Trinajstić information content (AvgIpc) is 3.41. The highest BCUT2D eigenvalue weighted by Crippen LogP contribution is 2.31. The molecule has 1 saturated carbocycles. The summed E-state index contributed by atoms with van der Waals surface area (Å²) in [5.41, 5.74) is 0.118. The second-order valence-electron chi connectivity index (χ2n) is 7.83. The van der Waals surface area contributed by atoms with Gasteiger partial charge < -0.3 is 4.74 Å². The molecule has 1 aliphatic heterocycles. The Kier molecular flexibility index (Phi) is 5.78. The number of nitrogens with one attached hydrogen (secondary N) is 1. The van der Waals surface area contributed by atoms with Crippen LogP contribution >= 0.6 is 0 Å². The molecule has 1 saturated heterocycles. The Morgan fingerprint density at radius 2 is 1.80 bits per heavy atom. The molecule has 5 nitrogen and oxygen atoms in total. The minimum absolute atomic E-state index is 0.345. The zero-order chi connectivity index (χ0) is 21.4. The van der Waals surface area contributed by atoms with Crippen LogP contribution < -0.4 is 9.46 Å². The van der Waals surface area contributed by atoms with Gasteiger partial charge in [0.1, 0.15) is 5.75 Å². The first kappa shape index (κ1) is 21.1. The van der Waals surface area contributed by atoms with Gasteiger partial charge in [0.05, 0.1) is 16.6 Å². The molecule has 2 fully saturated rings. The molecule has 0 aromatic heterocycles. The fraction of sp³-hybridized carbons (Fsp3) is 0.429. The van der Waals surface area contributed by atoms with Crippen LogP contribution in [0.5, 0.6) is 5.75 Å². The minimum atomic E-state index is -4.59. The minimum Gasteiger partial charge on any atom is -0.490 e. The van der Waals surface area contributed by atoms with E-state index >= 15 is 0 Å². The van der Waals surface area contributed by atoms with Gasteiger partial charge in [-0.3, -0.25) is 4.90 Å². The number of alkyl halides is 3. The van der Waals surface area contributed by atoms with Crippen molar-refractivity contribution < 1.29 is 26.3 Å². The summed E-state index contributed by atoms with van der Waals surface area (Å²) >= 11 is 0. The van der Waals surface area contributed by atoms with E-state index in [9.17, 15) is 21.6 Å². The van der Waals surface area contributed by atoms with Crippen LogP contribution in [-0.4, -0.2) is 38.6 Å². The van der Waals surface area contributed by atoms with Crippen LogP contribution in [0, 0.1) is 0 Å². The molecule has 4 rings (SSSR count). The molecule has 0 bridgehead atoms. The van der Waals surface area contributed by atoms with Crippen LogP contribution in [0.15, 0.2) is 53.4 Å². The van der Waals surface area contributed by atoms with Crippen molar-refractivity contribution in [3.63, 3.8) is 0 Å². The fourth-order valence-electron chi connectivity index (χ4n) is 3.51. The fourth-order valence-corrected chi connectivity index (χ4v) is 4.82. The molecule has 1 unspecified atom stereocenters. The van der Waals surface area contributed by atoms with Crippen LogP contribution in [0.3, 0.4) is 0 Å². The van der Waals surface area contributed by atoms with Crippen molar-refractivity contribution in [3.8, 4) is 5.75 Å². The highest BCUT2D eigenvalue weighted by atomic mass is 32.2. The standard InChI is InChI=1S/C21H23F3N2O3S/c22-21(23,24)16-2-1-3-20(12-16)30(27,28)25-17-10-11-26(14-17)13-15-4-6-18(7-5-15)29-19-8-9-19/h1-7,12,17,19,25H,8-11,13-14H2. The van der Waals surface area contributed by atoms with E-state index in [-0.39, 0.29) is 10.9 Å². The highest BCUT2D eigenvalue weighted by molar-refractivity contribution is 7.89. The Morgan fingerprint density at radius 3 is 2.47 bits per heavy atom. The summed E-state index contributed by atoms with van der Waals surface area (Å²) in [6.45, 7) is 1.88. The Labute approximate surface area is 173 Å². The van der Waals surface area contributed by atoms with Crippen molar-refractivity contribution in [1.29, 1.82) is 0 Å². The normalized spacial score (nSPS) is 20.4. The first-order valence-electron chi connectivity index (χ1n) is 9.86. The van der Waals surface area contributed by atoms with Crippen LogP contribution in [0.25, 0.3) is 0 Å². The summed E-state index contributed by atoms with van der Waals surface area (Å²) in [6.07, 6.45) is -1.43. The van der Waals surface area contributed by atoms with Gasteiger partial charge in [-0.05, 0) is 55.2 Å². The summed E-state index contributed by atoms with van der Waals surface area (Å²) in [7, 11) is -4.03. The molecule has 1 atom stereocenters. The molecule has 0 amide bonds. The van der Waals surface area contributed by atoms with Gasteiger partial charge in [-0.1, -0.05) is 18.2 Å². The third-order valence-electron chi connectivity index (χ3n) is 5.22. The number of ether oxygens (including phenoxy) is 1. The van der Waals surface area contributed by atoms with Crippen molar-refractivity contribution in [1.82, 2.24) is 9.62 Å². The molecular weight excluding hydrogens is 417 g/mol. The Bertz CT molecular complexity index is 989. The molecule has 2 aromatic rings. The summed E-state index contributed by atoms with van der Waals surface area (Å²) in [6, 6.07) is 11.3. The quantitative estimate of drug-likeness (QED) is 0.712. The highest BCUT2D eigenvalue weighted by Gasteiger charge is 2.33. The van der Waals surface area contributed by atoms with Crippen LogP contribution in [0.1, 0.15) is 30.4 Å². The summed E-state index contributed by atoms with van der Waals surface area (Å²) < 4.78 is 72.0. The second-order valence-corrected chi connectivity index (χ2v) is 9.54. The first-order chi connectivity index (χ1) is 14.2. The lowest BCUT2D eigenvalue weighted by Crippen LogP contribution is -2.37. The van der Waals surface area contributed by atoms with Crippen LogP contribution in [-0.2, 0) is 22.7 Å². The second kappa shape index (κ2) is 8.20. The van der Waals surface area contributed by atoms with Gasteiger partial charge in [-0.25, -0.2) is 13.1 Å². The van der Waals surface area contributed by atoms with E-state index in [0.717, 1.165) is 36.3 Å². The van der Waals surface area contributed by atoms with Crippen molar-refractivity contribution in [3.05, 3.63) is 59.7 Å². The molecule has 1 N–H and O–H groups in total. The third kappa shape index (κ3) is 5.33. The lowest BCUT2D eigenvalue weighted by Gasteiger charge is -2.17. The van der Waals surface area contributed by atoms with Crippen molar-refractivity contribution >= 4 is 10.0 Å². The summed E-state index contributed by atoms with van der Waals surface area (Å²) in [4.78, 5) is 1.75. The molecule has 1 aliphatic carbocycles. The molecule has 0 radical (unpaired) electrons. The molecule has 2 aromatic carbocycles. The zero-order valence-corrected chi connectivity index (χ0v) is 17.0. The average molecular weight is 440 g/mol. The van der Waals surface area contributed by atoms with Gasteiger partial charge in [0.15, 0.2) is 0 Å². The number of likely N-dealkylation sites (tertiary alicyclic amines) is 1. The zero-order valence-electron chi connectivity index (χ0n) is 16.2. The number of hydrogen-bond donors (Lipinski definition) is 1. The molecule has 1 heterocycles. The van der Waals surface area contributed by atoms with E-state index < -0.39 is 21.8 Å². The van der Waals surface area contributed by atoms with E-state index in [1.807, 2.05) is 24.3 Å². The van der Waals surface area contributed by atoms with Gasteiger partial charge in [-0.2, -0.15) is 13.2 Å². The predicted octanol–water partition coefficient (Wildman–Crippen LogP) is 3.80. The van der Waals surface area contributed by atoms with Gasteiger partial charge in [0, 0.05) is 25.7 Å². The lowest BCUT2D eigenvalue weighted by molar-refractivity contribution is -0.137. The third-order valence-corrected chi connectivity index (χ3v) is 6.74. The molecular formula is C21H23F3N2O3S. The number of hydrogen-bond acceptors (Lipinski definition) is 4. The first-order valence-corrected chi connectivity index (χ1v) is 11.3. The summed E-state index contributed by atoms with van der Waals surface area (Å²) in [5.74, 6) is 0.856. The number of rotatable bonds is 7. The molecule has 162 valence electrons. The van der Waals surface area contributed by atoms with Gasteiger partial charge >= 0.3 is 6.18 Å². The maximum Gasteiger partial charge on any atom is 0.416 e. The van der Waals surface area contributed by atoms with Gasteiger partial charge in [0.25, 0.3) is 0 Å². The Morgan fingerprint density at radius 1 is 1.07 bits per heavy atom. The molecule has 9 heteroatoms. The van der Waals surface area contributed by atoms with E-state index in [1.54, 1.807) is 0 Å². The molecule has 30 heavy (non-hydrogen) atoms. The predicted molar refractivity (Wildman–Crippen MR) is 106 cm³/mol. The van der Waals surface area contributed by atoms with Crippen molar-refractivity contribution in [2.45, 2.75) is 49.0 Å². The lowest BCUT2D eigenvalue weighted by atomic mass is 10.2. The maximum atomic E-state index is 12.9. The monoisotopic (exact) mass is 440 g/mol. The van der Waals surface area contributed by atoms with Gasteiger partial charge in [-0.15, -0.1) is 0 Å². The largest absolute Gasteiger partial charge is 0.490 e. The van der Waals surface area contributed by atoms with E-state index in [4.69, 9.17) is 4.74 Å². The number of nitrogens with zero attached hydrogens (tertiary/aromatic N) is 1. The van der Waals surface area contributed by atoms with Crippen LogP contribution in [0.2, 0.25) is 0 Å². The van der Waals surface area contributed by atoms with Crippen molar-refractivity contribution in [2.75, 3.05) is 13.1 Å². The topological polar surface area (TPSA) is 58.6 Å². The van der Waals surface area contributed by atoms with E-state index in [0.29, 0.717) is 38.2 Å². The molecule has 0 spiro atoms. The molecule has 2 aliphatic rings. The number of sulfonamides is 1. The SMILES string of the molecule is O=S(=O)(NC1CCN(Cc2ccc(OC3CC3)cc2)C1)c1cccc(C(F)(F)F)c1. The Balaban J connectivity index is 1.34. The number of halogens is 3. The summed E-state index contributed by atoms with van der Waals surface area (Å²) in [5, 5.41) is 0.